The number of amides is 1. The Hall–Kier alpha value is -3.69. The van der Waals surface area contributed by atoms with Crippen molar-refractivity contribution in [2.45, 2.75) is 32.6 Å². The van der Waals surface area contributed by atoms with Crippen LogP contribution in [-0.2, 0) is 4.74 Å². The Morgan fingerprint density at radius 1 is 1.21 bits per heavy atom. The third kappa shape index (κ3) is 4.66. The van der Waals surface area contributed by atoms with Gasteiger partial charge < -0.3 is 19.5 Å². The first-order valence-electron chi connectivity index (χ1n) is 11.2. The van der Waals surface area contributed by atoms with E-state index in [1.54, 1.807) is 22.9 Å². The fraction of sp³-hybridized carbons (Fsp3) is 0.417. The Morgan fingerprint density at radius 3 is 2.47 bits per heavy atom. The predicted octanol–water partition coefficient (Wildman–Crippen LogP) is 4.24. The van der Waals surface area contributed by atoms with Crippen LogP contribution in [0.2, 0.25) is 0 Å². The molecular weight excluding hydrogens is 443 g/mol. The van der Waals surface area contributed by atoms with E-state index in [1.807, 2.05) is 13.8 Å². The monoisotopic (exact) mass is 470 g/mol. The first-order valence-corrected chi connectivity index (χ1v) is 11.2. The molecule has 0 saturated carbocycles. The van der Waals surface area contributed by atoms with Crippen LogP contribution in [0.3, 0.4) is 0 Å². The number of carboxylic acid groups (broad SMARTS) is 1. The maximum Gasteiger partial charge on any atom is 0.407 e. The average Bonchev–Trinajstić information content (AvgIpc) is 3.23. The number of hydrogen-bond donors (Lipinski definition) is 1. The maximum absolute atomic E-state index is 13.5. The summed E-state index contributed by atoms with van der Waals surface area (Å²) in [7, 11) is 1.28. The van der Waals surface area contributed by atoms with Gasteiger partial charge in [-0.15, -0.1) is 0 Å². The molecule has 4 rings (SSSR count). The molecule has 1 aliphatic rings. The van der Waals surface area contributed by atoms with Crippen LogP contribution in [-0.4, -0.2) is 63.6 Å². The molecule has 2 aromatic heterocycles. The molecule has 3 aromatic rings. The van der Waals surface area contributed by atoms with E-state index in [1.165, 1.54) is 24.1 Å². The van der Waals surface area contributed by atoms with Crippen molar-refractivity contribution in [2.24, 2.45) is 5.92 Å². The van der Waals surface area contributed by atoms with Crippen molar-refractivity contribution >= 4 is 23.1 Å². The number of carbonyl (C=O) groups is 2. The summed E-state index contributed by atoms with van der Waals surface area (Å²) in [6.07, 6.45) is 0.472. The van der Waals surface area contributed by atoms with E-state index in [9.17, 15) is 14.0 Å². The first-order chi connectivity index (χ1) is 16.3. The van der Waals surface area contributed by atoms with Crippen LogP contribution in [0.25, 0.3) is 16.7 Å². The van der Waals surface area contributed by atoms with Gasteiger partial charge >= 0.3 is 12.1 Å². The van der Waals surface area contributed by atoms with E-state index >= 15 is 0 Å². The number of benzene rings is 1. The highest BCUT2D eigenvalue weighted by atomic mass is 19.1. The molecule has 1 aliphatic heterocycles. The summed E-state index contributed by atoms with van der Waals surface area (Å²) in [4.78, 5) is 29.5. The van der Waals surface area contributed by atoms with Gasteiger partial charge in [0.05, 0.1) is 30.5 Å². The van der Waals surface area contributed by atoms with Crippen molar-refractivity contribution in [2.75, 3.05) is 26.8 Å². The minimum Gasteiger partial charge on any atom is -0.492 e. The molecule has 1 aromatic carbocycles. The quantitative estimate of drug-likeness (QED) is 0.537. The van der Waals surface area contributed by atoms with E-state index < -0.39 is 12.1 Å². The molecule has 0 atom stereocenters. The van der Waals surface area contributed by atoms with Crippen molar-refractivity contribution in [3.05, 3.63) is 47.5 Å². The minimum atomic E-state index is -0.910. The summed E-state index contributed by atoms with van der Waals surface area (Å²) in [5.74, 6) is -0.320. The Balaban J connectivity index is 1.74. The molecule has 0 radical (unpaired) electrons. The van der Waals surface area contributed by atoms with Gasteiger partial charge in [-0.05, 0) is 48.9 Å². The van der Waals surface area contributed by atoms with Crippen LogP contribution in [0.15, 0.2) is 30.3 Å². The molecular formula is C24H27FN4O5. The Morgan fingerprint density at radius 2 is 1.88 bits per heavy atom. The number of fused-ring (bicyclic) bond motifs is 1. The smallest absolute Gasteiger partial charge is 0.407 e. The van der Waals surface area contributed by atoms with E-state index in [0.29, 0.717) is 55.0 Å². The molecule has 180 valence electrons. The SMILES string of the molecule is COC(=O)c1cc(OCC2CCN(C(=O)O)CC2)c2c(C(C)C)nn(-c3ccc(F)cc3)c2n1. The molecule has 1 saturated heterocycles. The number of halogens is 1. The van der Waals surface area contributed by atoms with Crippen molar-refractivity contribution in [1.82, 2.24) is 19.7 Å². The molecule has 10 heteroatoms. The van der Waals surface area contributed by atoms with E-state index in [-0.39, 0.29) is 23.3 Å². The Labute approximate surface area is 196 Å². The highest BCUT2D eigenvalue weighted by molar-refractivity contribution is 5.94. The van der Waals surface area contributed by atoms with Crippen LogP contribution >= 0.6 is 0 Å². The van der Waals surface area contributed by atoms with E-state index in [0.717, 1.165) is 5.69 Å². The zero-order valence-electron chi connectivity index (χ0n) is 19.3. The molecule has 0 aliphatic carbocycles. The molecule has 34 heavy (non-hydrogen) atoms. The highest BCUT2D eigenvalue weighted by Gasteiger charge is 2.26. The fourth-order valence-corrected chi connectivity index (χ4v) is 4.10. The second-order valence-corrected chi connectivity index (χ2v) is 8.65. The van der Waals surface area contributed by atoms with Gasteiger partial charge in [-0.1, -0.05) is 13.8 Å². The third-order valence-corrected chi connectivity index (χ3v) is 6.00. The molecule has 9 nitrogen and oxygen atoms in total. The number of pyridine rings is 1. The molecule has 1 fully saturated rings. The van der Waals surface area contributed by atoms with Crippen molar-refractivity contribution in [1.29, 1.82) is 0 Å². The maximum atomic E-state index is 13.5. The van der Waals surface area contributed by atoms with Gasteiger partial charge in [-0.3, -0.25) is 0 Å². The van der Waals surface area contributed by atoms with E-state index in [2.05, 4.69) is 4.98 Å². The summed E-state index contributed by atoms with van der Waals surface area (Å²) < 4.78 is 26.2. The van der Waals surface area contributed by atoms with Crippen molar-refractivity contribution in [3.8, 4) is 11.4 Å². The number of hydrogen-bond acceptors (Lipinski definition) is 6. The van der Waals surface area contributed by atoms with Gasteiger partial charge in [-0.25, -0.2) is 23.6 Å². The molecule has 0 spiro atoms. The van der Waals surface area contributed by atoms with Gasteiger partial charge in [0.2, 0.25) is 0 Å². The normalized spacial score (nSPS) is 14.6. The van der Waals surface area contributed by atoms with Gasteiger partial charge in [-0.2, -0.15) is 5.10 Å². The summed E-state index contributed by atoms with van der Waals surface area (Å²) in [5, 5.41) is 14.6. The van der Waals surface area contributed by atoms with Crippen LogP contribution in [0, 0.1) is 11.7 Å². The summed E-state index contributed by atoms with van der Waals surface area (Å²) in [6, 6.07) is 7.42. The highest BCUT2D eigenvalue weighted by Crippen LogP contribution is 2.35. The number of nitrogens with zero attached hydrogens (tertiary/aromatic N) is 4. The summed E-state index contributed by atoms with van der Waals surface area (Å²) >= 11 is 0. The number of methoxy groups -OCH3 is 1. The lowest BCUT2D eigenvalue weighted by Gasteiger charge is -2.29. The zero-order chi connectivity index (χ0) is 24.4. The first kappa shape index (κ1) is 23.5. The molecule has 3 heterocycles. The fourth-order valence-electron chi connectivity index (χ4n) is 4.10. The molecule has 0 bridgehead atoms. The number of piperidine rings is 1. The Bertz CT molecular complexity index is 1200. The van der Waals surface area contributed by atoms with E-state index in [4.69, 9.17) is 19.7 Å². The van der Waals surface area contributed by atoms with Crippen LogP contribution in [0.5, 0.6) is 5.75 Å². The summed E-state index contributed by atoms with van der Waals surface area (Å²) in [6.45, 7) is 5.28. The van der Waals surface area contributed by atoms with Gasteiger partial charge in [0.25, 0.3) is 0 Å². The number of likely N-dealkylation sites (tertiary alicyclic amines) is 1. The number of carbonyl (C=O) groups excluding carboxylic acids is 1. The van der Waals surface area contributed by atoms with Crippen LogP contribution in [0.1, 0.15) is 48.8 Å². The molecule has 1 amide bonds. The zero-order valence-corrected chi connectivity index (χ0v) is 19.3. The van der Waals surface area contributed by atoms with Gasteiger partial charge in [0.1, 0.15) is 11.6 Å². The third-order valence-electron chi connectivity index (χ3n) is 6.00. The van der Waals surface area contributed by atoms with Crippen LogP contribution < -0.4 is 4.74 Å². The standard InChI is InChI=1S/C24H27FN4O5/c1-14(2)21-20-19(34-13-15-8-10-28(11-9-15)24(31)32)12-18(23(30)33-3)26-22(20)29(27-21)17-6-4-16(25)5-7-17/h4-7,12,14-15H,8-11,13H2,1-3H3,(H,31,32). The van der Waals surface area contributed by atoms with Gasteiger partial charge in [0, 0.05) is 19.2 Å². The Kier molecular flexibility index (Phi) is 6.67. The topological polar surface area (TPSA) is 107 Å². The number of rotatable bonds is 6. The second kappa shape index (κ2) is 9.66. The lowest BCUT2D eigenvalue weighted by molar-refractivity contribution is 0.0593. The predicted molar refractivity (Wildman–Crippen MR) is 122 cm³/mol. The van der Waals surface area contributed by atoms with Crippen molar-refractivity contribution < 1.29 is 28.6 Å². The number of esters is 1. The average molecular weight is 471 g/mol. The lowest BCUT2D eigenvalue weighted by Crippen LogP contribution is -2.38. The van der Waals surface area contributed by atoms with Crippen LogP contribution in [0.4, 0.5) is 9.18 Å². The number of ether oxygens (including phenoxy) is 2. The molecule has 0 unspecified atom stereocenters. The second-order valence-electron chi connectivity index (χ2n) is 8.65. The largest absolute Gasteiger partial charge is 0.492 e. The number of aromatic nitrogens is 3. The summed E-state index contributed by atoms with van der Waals surface area (Å²) in [5.41, 5.74) is 1.82. The van der Waals surface area contributed by atoms with Crippen molar-refractivity contribution in [3.63, 3.8) is 0 Å². The van der Waals surface area contributed by atoms with Gasteiger partial charge in [0.15, 0.2) is 11.3 Å². The molecule has 1 N–H and O–H groups in total. The minimum absolute atomic E-state index is 0.0242. The lowest BCUT2D eigenvalue weighted by atomic mass is 9.98.